The predicted octanol–water partition coefficient (Wildman–Crippen LogP) is 5.80. The minimum Gasteiger partial charge on any atom is -0.378 e. The number of hydrogen-bond donors (Lipinski definition) is 3. The summed E-state index contributed by atoms with van der Waals surface area (Å²) in [6.45, 7) is 1.22. The second kappa shape index (κ2) is 10.9. The Kier molecular flexibility index (Phi) is 7.04. The fraction of sp³-hybridized carbons (Fsp3) is 0.375. The number of anilines is 1. The van der Waals surface area contributed by atoms with Crippen LogP contribution in [-0.4, -0.2) is 29.4 Å². The van der Waals surface area contributed by atoms with E-state index in [0.29, 0.717) is 12.5 Å². The number of rotatable bonds is 5. The van der Waals surface area contributed by atoms with Gasteiger partial charge >= 0.3 is 6.03 Å². The summed E-state index contributed by atoms with van der Waals surface area (Å²) in [6, 6.07) is 28.8. The van der Waals surface area contributed by atoms with Crippen molar-refractivity contribution in [2.24, 2.45) is 11.8 Å². The molecule has 1 saturated heterocycles. The van der Waals surface area contributed by atoms with Crippen molar-refractivity contribution >= 4 is 17.6 Å². The smallest absolute Gasteiger partial charge is 0.315 e. The maximum absolute atomic E-state index is 14.2. The van der Waals surface area contributed by atoms with Crippen molar-refractivity contribution in [3.63, 3.8) is 0 Å². The van der Waals surface area contributed by atoms with E-state index in [4.69, 9.17) is 0 Å². The molecule has 2 aliphatic heterocycles. The molecule has 38 heavy (non-hydrogen) atoms. The van der Waals surface area contributed by atoms with Crippen molar-refractivity contribution in [3.8, 4) is 0 Å². The summed E-state index contributed by atoms with van der Waals surface area (Å²) >= 11 is 0. The highest BCUT2D eigenvalue weighted by atomic mass is 16.2. The van der Waals surface area contributed by atoms with Gasteiger partial charge in [-0.25, -0.2) is 4.79 Å². The van der Waals surface area contributed by atoms with Gasteiger partial charge in [-0.3, -0.25) is 4.79 Å². The van der Waals surface area contributed by atoms with Crippen LogP contribution < -0.4 is 16.0 Å². The number of likely N-dealkylation sites (tertiary alicyclic amines) is 1. The largest absolute Gasteiger partial charge is 0.378 e. The van der Waals surface area contributed by atoms with E-state index < -0.39 is 0 Å². The molecule has 0 unspecified atom stereocenters. The minimum absolute atomic E-state index is 0.0413. The maximum Gasteiger partial charge on any atom is 0.315 e. The minimum atomic E-state index is -0.200. The molecule has 3 aromatic rings. The third kappa shape index (κ3) is 4.87. The van der Waals surface area contributed by atoms with Crippen LogP contribution in [0.5, 0.6) is 0 Å². The zero-order valence-corrected chi connectivity index (χ0v) is 21.7. The van der Waals surface area contributed by atoms with Crippen molar-refractivity contribution in [1.82, 2.24) is 15.5 Å². The quantitative estimate of drug-likeness (QED) is 0.408. The molecule has 0 radical (unpaired) electrons. The molecule has 3 aromatic carbocycles. The molecule has 6 rings (SSSR count). The van der Waals surface area contributed by atoms with Gasteiger partial charge in [-0.1, -0.05) is 91.7 Å². The van der Waals surface area contributed by atoms with Crippen LogP contribution in [-0.2, 0) is 11.3 Å². The van der Waals surface area contributed by atoms with E-state index in [1.807, 2.05) is 30.3 Å². The van der Waals surface area contributed by atoms with Gasteiger partial charge in [0.15, 0.2) is 0 Å². The topological polar surface area (TPSA) is 73.5 Å². The summed E-state index contributed by atoms with van der Waals surface area (Å²) in [6.07, 6.45) is 4.66. The highest BCUT2D eigenvalue weighted by molar-refractivity contribution is 5.83. The van der Waals surface area contributed by atoms with Gasteiger partial charge in [-0.2, -0.15) is 0 Å². The van der Waals surface area contributed by atoms with Crippen LogP contribution >= 0.6 is 0 Å². The molecule has 196 valence electrons. The first-order valence-electron chi connectivity index (χ1n) is 14.0. The number of benzene rings is 3. The van der Waals surface area contributed by atoms with Crippen molar-refractivity contribution in [1.29, 1.82) is 0 Å². The molecule has 2 fully saturated rings. The third-order valence-electron chi connectivity index (χ3n) is 8.60. The molecule has 3 amide bonds. The van der Waals surface area contributed by atoms with Gasteiger partial charge in [0, 0.05) is 30.7 Å². The van der Waals surface area contributed by atoms with Crippen molar-refractivity contribution < 1.29 is 9.59 Å². The second-order valence-electron chi connectivity index (χ2n) is 10.9. The van der Waals surface area contributed by atoms with Gasteiger partial charge in [-0.15, -0.1) is 0 Å². The van der Waals surface area contributed by atoms with Crippen LogP contribution in [0.2, 0.25) is 0 Å². The van der Waals surface area contributed by atoms with E-state index >= 15 is 0 Å². The number of amides is 3. The second-order valence-corrected chi connectivity index (χ2v) is 10.9. The summed E-state index contributed by atoms with van der Waals surface area (Å²) in [4.78, 5) is 29.2. The van der Waals surface area contributed by atoms with E-state index in [2.05, 4.69) is 75.4 Å². The highest BCUT2D eigenvalue weighted by Gasteiger charge is 2.48. The molecular formula is C32H36N4O2. The Hall–Kier alpha value is -3.80. The van der Waals surface area contributed by atoms with Crippen LogP contribution in [0.1, 0.15) is 60.9 Å². The van der Waals surface area contributed by atoms with E-state index in [9.17, 15) is 9.59 Å². The Morgan fingerprint density at radius 1 is 0.842 bits per heavy atom. The Morgan fingerprint density at radius 2 is 1.55 bits per heavy atom. The fourth-order valence-corrected chi connectivity index (χ4v) is 6.77. The van der Waals surface area contributed by atoms with Crippen molar-refractivity contribution in [2.45, 2.75) is 56.8 Å². The number of hydrogen-bond acceptors (Lipinski definition) is 3. The number of nitrogens with zero attached hydrogens (tertiary/aromatic N) is 1. The SMILES string of the molecule is O=C(NCc1ccccc1)N[C@@H]1CCCC[C@@H]1C(=O)N1CC[C@H]2[C@H](c3ccccc3)Nc3ccccc3[C@@H]21. The molecule has 0 bridgehead atoms. The predicted molar refractivity (Wildman–Crippen MR) is 149 cm³/mol. The number of carbonyl (C=O) groups excluding carboxylic acids is 2. The van der Waals surface area contributed by atoms with Crippen LogP contribution in [0.4, 0.5) is 10.5 Å². The molecule has 3 aliphatic rings. The van der Waals surface area contributed by atoms with Gasteiger partial charge in [-0.05, 0) is 42.0 Å². The lowest BCUT2D eigenvalue weighted by Crippen LogP contribution is -2.52. The lowest BCUT2D eigenvalue weighted by atomic mass is 9.79. The van der Waals surface area contributed by atoms with Crippen LogP contribution in [0.25, 0.3) is 0 Å². The standard InChI is InChI=1S/C32H36N4O2/c37-31(25-16-8-10-18-28(25)35-32(38)33-21-22-11-3-1-4-12-22)36-20-19-26-29(23-13-5-2-6-14-23)34-27-17-9-7-15-24(27)30(26)36/h1-7,9,11-15,17,25-26,28-30,34H,8,10,16,18-21H2,(H2,33,35,38)/t25-,26-,28+,29-,30-/m0/s1. The van der Waals surface area contributed by atoms with Gasteiger partial charge in [0.1, 0.15) is 0 Å². The summed E-state index contributed by atoms with van der Waals surface area (Å²) in [5.41, 5.74) is 4.63. The van der Waals surface area contributed by atoms with Crippen LogP contribution in [0.15, 0.2) is 84.9 Å². The van der Waals surface area contributed by atoms with Crippen LogP contribution in [0.3, 0.4) is 0 Å². The molecule has 0 aromatic heterocycles. The average Bonchev–Trinajstić information content (AvgIpc) is 3.42. The van der Waals surface area contributed by atoms with Crippen molar-refractivity contribution in [3.05, 3.63) is 102 Å². The Balaban J connectivity index is 1.20. The summed E-state index contributed by atoms with van der Waals surface area (Å²) < 4.78 is 0. The lowest BCUT2D eigenvalue weighted by molar-refractivity contribution is -0.138. The summed E-state index contributed by atoms with van der Waals surface area (Å²) in [5.74, 6) is 0.302. The first-order valence-corrected chi connectivity index (χ1v) is 14.0. The third-order valence-corrected chi connectivity index (χ3v) is 8.60. The van der Waals surface area contributed by atoms with E-state index in [0.717, 1.165) is 49.9 Å². The number of fused-ring (bicyclic) bond motifs is 3. The highest BCUT2D eigenvalue weighted by Crippen LogP contribution is 2.51. The molecule has 6 nitrogen and oxygen atoms in total. The Morgan fingerprint density at radius 3 is 2.37 bits per heavy atom. The molecule has 6 heteroatoms. The maximum atomic E-state index is 14.2. The first kappa shape index (κ1) is 24.5. The number of urea groups is 1. The lowest BCUT2D eigenvalue weighted by Gasteiger charge is -2.42. The van der Waals surface area contributed by atoms with E-state index in [-0.39, 0.29) is 36.0 Å². The normalized spacial score (nSPS) is 26.0. The van der Waals surface area contributed by atoms with Gasteiger partial charge in [0.05, 0.1) is 18.0 Å². The molecule has 1 saturated carbocycles. The molecule has 1 aliphatic carbocycles. The molecular weight excluding hydrogens is 472 g/mol. The van der Waals surface area contributed by atoms with Gasteiger partial charge < -0.3 is 20.9 Å². The zero-order chi connectivity index (χ0) is 25.9. The zero-order valence-electron chi connectivity index (χ0n) is 21.7. The van der Waals surface area contributed by atoms with Gasteiger partial charge in [0.2, 0.25) is 5.91 Å². The van der Waals surface area contributed by atoms with E-state index in [1.165, 1.54) is 11.1 Å². The summed E-state index contributed by atoms with van der Waals surface area (Å²) in [7, 11) is 0. The number of para-hydroxylation sites is 1. The Labute approximate surface area is 224 Å². The molecule has 3 N–H and O–H groups in total. The molecule has 0 spiro atoms. The fourth-order valence-electron chi connectivity index (χ4n) is 6.77. The average molecular weight is 509 g/mol. The first-order chi connectivity index (χ1) is 18.7. The number of nitrogens with one attached hydrogen (secondary N) is 3. The number of carbonyl (C=O) groups is 2. The van der Waals surface area contributed by atoms with Crippen LogP contribution in [0, 0.1) is 11.8 Å². The van der Waals surface area contributed by atoms with E-state index in [1.54, 1.807) is 0 Å². The molecule has 5 atom stereocenters. The summed E-state index contributed by atoms with van der Waals surface area (Å²) in [5, 5.41) is 9.92. The monoisotopic (exact) mass is 508 g/mol. The molecule has 2 heterocycles. The Bertz CT molecular complexity index is 1260. The van der Waals surface area contributed by atoms with Crippen molar-refractivity contribution in [2.75, 3.05) is 11.9 Å². The van der Waals surface area contributed by atoms with Gasteiger partial charge in [0.25, 0.3) is 0 Å².